The van der Waals surface area contributed by atoms with E-state index in [2.05, 4.69) is 0 Å². The van der Waals surface area contributed by atoms with E-state index >= 15 is 0 Å². The molecule has 0 amide bonds. The minimum Gasteiger partial charge on any atom is -0.481 e. The molecule has 0 aliphatic heterocycles. The van der Waals surface area contributed by atoms with Crippen LogP contribution >= 0.6 is 0 Å². The number of hydrogen-bond donors (Lipinski definition) is 1. The first-order valence-corrected chi connectivity index (χ1v) is 5.39. The molecule has 1 aliphatic rings. The van der Waals surface area contributed by atoms with Crippen LogP contribution in [0.5, 0.6) is 0 Å². The Morgan fingerprint density at radius 2 is 2.20 bits per heavy atom. The summed E-state index contributed by atoms with van der Waals surface area (Å²) in [5, 5.41) is 8.82. The molecule has 0 saturated heterocycles. The number of rotatable bonds is 3. The highest BCUT2D eigenvalue weighted by molar-refractivity contribution is 5.98. The summed E-state index contributed by atoms with van der Waals surface area (Å²) >= 11 is 0. The van der Waals surface area contributed by atoms with Crippen molar-refractivity contribution in [3.8, 4) is 0 Å². The predicted octanol–water partition coefficient (Wildman–Crippen LogP) is 2.41. The topological polar surface area (TPSA) is 54.4 Å². The minimum absolute atomic E-state index is 0.0599. The van der Waals surface area contributed by atoms with Gasteiger partial charge in [0.25, 0.3) is 0 Å². The largest absolute Gasteiger partial charge is 0.481 e. The van der Waals surface area contributed by atoms with Crippen molar-refractivity contribution < 1.29 is 14.7 Å². The Morgan fingerprint density at radius 1 is 1.60 bits per heavy atom. The van der Waals surface area contributed by atoms with Crippen LogP contribution in [0.3, 0.4) is 0 Å². The van der Waals surface area contributed by atoms with Crippen molar-refractivity contribution in [2.75, 3.05) is 0 Å². The summed E-state index contributed by atoms with van der Waals surface area (Å²) in [4.78, 5) is 22.6. The second-order valence-corrected chi connectivity index (χ2v) is 4.51. The number of aliphatic carboxylic acids is 1. The molecule has 0 aromatic carbocycles. The maximum absolute atomic E-state index is 11.8. The van der Waals surface area contributed by atoms with Crippen molar-refractivity contribution in [2.24, 2.45) is 11.8 Å². The Bertz CT molecular complexity index is 315. The van der Waals surface area contributed by atoms with Crippen LogP contribution in [0.2, 0.25) is 0 Å². The van der Waals surface area contributed by atoms with Crippen LogP contribution < -0.4 is 0 Å². The fourth-order valence-electron chi connectivity index (χ4n) is 1.89. The van der Waals surface area contributed by atoms with E-state index < -0.39 is 11.9 Å². The maximum Gasteiger partial charge on any atom is 0.306 e. The summed E-state index contributed by atoms with van der Waals surface area (Å²) in [6.07, 6.45) is 2.20. The van der Waals surface area contributed by atoms with Gasteiger partial charge in [-0.05, 0) is 31.8 Å². The molecule has 84 valence electrons. The van der Waals surface area contributed by atoms with Crippen LogP contribution in [0.25, 0.3) is 0 Å². The molecular weight excluding hydrogens is 192 g/mol. The summed E-state index contributed by atoms with van der Waals surface area (Å²) in [5.41, 5.74) is 1.83. The van der Waals surface area contributed by atoms with Gasteiger partial charge in [-0.25, -0.2) is 0 Å². The van der Waals surface area contributed by atoms with Gasteiger partial charge in [0.05, 0.1) is 5.92 Å². The number of ketones is 1. The third-order valence-corrected chi connectivity index (χ3v) is 3.14. The Kier molecular flexibility index (Phi) is 3.66. The molecule has 0 spiro atoms. The normalized spacial score (nSPS) is 24.2. The molecule has 1 aliphatic carbocycles. The zero-order valence-electron chi connectivity index (χ0n) is 9.54. The molecule has 0 aromatic heterocycles. The Balaban J connectivity index is 2.82. The number of carbonyl (C=O) groups excluding carboxylic acids is 1. The van der Waals surface area contributed by atoms with E-state index in [-0.39, 0.29) is 11.7 Å². The highest BCUT2D eigenvalue weighted by Crippen LogP contribution is 2.29. The molecule has 2 unspecified atom stereocenters. The molecule has 3 nitrogen and oxygen atoms in total. The summed E-state index contributed by atoms with van der Waals surface area (Å²) in [6.45, 7) is 5.50. The minimum atomic E-state index is -0.832. The fraction of sp³-hybridized carbons (Fsp3) is 0.667. The van der Waals surface area contributed by atoms with Crippen LogP contribution in [0.4, 0.5) is 0 Å². The van der Waals surface area contributed by atoms with Crippen LogP contribution in [0.15, 0.2) is 11.1 Å². The Labute approximate surface area is 90.2 Å². The highest BCUT2D eigenvalue weighted by atomic mass is 16.4. The van der Waals surface area contributed by atoms with Crippen molar-refractivity contribution in [1.29, 1.82) is 0 Å². The summed E-state index contributed by atoms with van der Waals surface area (Å²) in [7, 11) is 0. The standard InChI is InChI=1S/C12H18O3/c1-7-4-5-8(2)11(13)10(7)6-9(3)12(14)15/h8-9H,4-6H2,1-3H3,(H,14,15). The van der Waals surface area contributed by atoms with Gasteiger partial charge in [-0.1, -0.05) is 19.4 Å². The fourth-order valence-corrected chi connectivity index (χ4v) is 1.89. The highest BCUT2D eigenvalue weighted by Gasteiger charge is 2.27. The first-order chi connectivity index (χ1) is 6.93. The number of Topliss-reactive ketones (excluding diaryl/α,β-unsaturated/α-hetero) is 1. The van der Waals surface area contributed by atoms with E-state index in [1.165, 1.54) is 0 Å². The van der Waals surface area contributed by atoms with Gasteiger partial charge >= 0.3 is 5.97 Å². The van der Waals surface area contributed by atoms with Gasteiger partial charge in [-0.3, -0.25) is 9.59 Å². The second kappa shape index (κ2) is 4.60. The Hall–Kier alpha value is -1.12. The number of hydrogen-bond acceptors (Lipinski definition) is 2. The van der Waals surface area contributed by atoms with Gasteiger partial charge in [-0.2, -0.15) is 0 Å². The van der Waals surface area contributed by atoms with Crippen molar-refractivity contribution >= 4 is 11.8 Å². The molecule has 2 atom stereocenters. The molecular formula is C12H18O3. The smallest absolute Gasteiger partial charge is 0.306 e. The van der Waals surface area contributed by atoms with E-state index in [1.807, 2.05) is 13.8 Å². The van der Waals surface area contributed by atoms with Gasteiger partial charge in [0.15, 0.2) is 5.78 Å². The Morgan fingerprint density at radius 3 is 2.73 bits per heavy atom. The molecule has 1 N–H and O–H groups in total. The molecule has 3 heteroatoms. The van der Waals surface area contributed by atoms with E-state index in [9.17, 15) is 9.59 Å². The van der Waals surface area contributed by atoms with Crippen LogP contribution in [0, 0.1) is 11.8 Å². The van der Waals surface area contributed by atoms with Crippen molar-refractivity contribution in [3.05, 3.63) is 11.1 Å². The van der Waals surface area contributed by atoms with Crippen LogP contribution in [-0.2, 0) is 9.59 Å². The van der Waals surface area contributed by atoms with Crippen molar-refractivity contribution in [2.45, 2.75) is 40.0 Å². The monoisotopic (exact) mass is 210 g/mol. The zero-order valence-corrected chi connectivity index (χ0v) is 9.54. The van der Waals surface area contributed by atoms with E-state index in [1.54, 1.807) is 6.92 Å². The third kappa shape index (κ3) is 2.67. The van der Waals surface area contributed by atoms with Gasteiger partial charge < -0.3 is 5.11 Å². The number of carboxylic acids is 1. The molecule has 0 radical (unpaired) electrons. The zero-order chi connectivity index (χ0) is 11.6. The lowest BCUT2D eigenvalue weighted by atomic mass is 9.81. The van der Waals surface area contributed by atoms with Gasteiger partial charge in [0, 0.05) is 5.92 Å². The molecule has 15 heavy (non-hydrogen) atoms. The lowest BCUT2D eigenvalue weighted by Gasteiger charge is -2.22. The maximum atomic E-state index is 11.8. The molecule has 1 rings (SSSR count). The predicted molar refractivity (Wildman–Crippen MR) is 57.5 cm³/mol. The second-order valence-electron chi connectivity index (χ2n) is 4.51. The molecule has 0 aromatic rings. The van der Waals surface area contributed by atoms with E-state index in [4.69, 9.17) is 5.11 Å². The van der Waals surface area contributed by atoms with Crippen LogP contribution in [-0.4, -0.2) is 16.9 Å². The van der Waals surface area contributed by atoms with Gasteiger partial charge in [0.1, 0.15) is 0 Å². The molecule has 0 bridgehead atoms. The van der Waals surface area contributed by atoms with E-state index in [0.717, 1.165) is 24.0 Å². The number of carboxylic acid groups (broad SMARTS) is 1. The first-order valence-electron chi connectivity index (χ1n) is 5.39. The summed E-state index contributed by atoms with van der Waals surface area (Å²) < 4.78 is 0. The van der Waals surface area contributed by atoms with Crippen LogP contribution in [0.1, 0.15) is 40.0 Å². The number of carbonyl (C=O) groups is 2. The lowest BCUT2D eigenvalue weighted by Crippen LogP contribution is -2.23. The quantitative estimate of drug-likeness (QED) is 0.778. The molecule has 0 saturated carbocycles. The van der Waals surface area contributed by atoms with E-state index in [0.29, 0.717) is 6.42 Å². The third-order valence-electron chi connectivity index (χ3n) is 3.14. The molecule has 0 heterocycles. The first kappa shape index (κ1) is 12.0. The number of allylic oxidation sites excluding steroid dienone is 2. The van der Waals surface area contributed by atoms with Crippen molar-refractivity contribution in [3.63, 3.8) is 0 Å². The summed E-state index contributed by atoms with van der Waals surface area (Å²) in [5.74, 6) is -1.10. The lowest BCUT2D eigenvalue weighted by molar-refractivity contribution is -0.141. The van der Waals surface area contributed by atoms with Gasteiger partial charge in [0.2, 0.25) is 0 Å². The SMILES string of the molecule is CC1=C(CC(C)C(=O)O)C(=O)C(C)CC1. The summed E-state index contributed by atoms with van der Waals surface area (Å²) in [6, 6.07) is 0. The van der Waals surface area contributed by atoms with Crippen molar-refractivity contribution in [1.82, 2.24) is 0 Å². The average Bonchev–Trinajstić information content (AvgIpc) is 2.18. The average molecular weight is 210 g/mol. The van der Waals surface area contributed by atoms with Gasteiger partial charge in [-0.15, -0.1) is 0 Å². The molecule has 0 fully saturated rings.